The van der Waals surface area contributed by atoms with E-state index in [0.29, 0.717) is 0 Å². The van der Waals surface area contributed by atoms with Gasteiger partial charge in [0.15, 0.2) is 0 Å². The summed E-state index contributed by atoms with van der Waals surface area (Å²) in [6.45, 7) is 9.81. The van der Waals surface area contributed by atoms with Gasteiger partial charge in [-0.1, -0.05) is 19.9 Å². The predicted octanol–water partition coefficient (Wildman–Crippen LogP) is 3.43. The highest BCUT2D eigenvalue weighted by molar-refractivity contribution is 5.37. The first-order chi connectivity index (χ1) is 10.3. The fraction of sp³-hybridized carbons (Fsp3) is 0.667. The molecule has 1 fully saturated rings. The number of ether oxygens (including phenoxy) is 1. The smallest absolute Gasteiger partial charge is 0.123 e. The summed E-state index contributed by atoms with van der Waals surface area (Å²) < 4.78 is 5.54. The summed E-state index contributed by atoms with van der Waals surface area (Å²) >= 11 is 0. The first-order valence-corrected chi connectivity index (χ1v) is 8.35. The molecular formula is C18H30N2O. The van der Waals surface area contributed by atoms with Crippen LogP contribution in [0.2, 0.25) is 0 Å². The normalized spacial score (nSPS) is 14.7. The van der Waals surface area contributed by atoms with Crippen molar-refractivity contribution in [2.75, 3.05) is 26.7 Å². The Labute approximate surface area is 129 Å². The topological polar surface area (TPSA) is 24.5 Å². The molecule has 1 aliphatic rings. The maximum atomic E-state index is 5.54. The van der Waals surface area contributed by atoms with E-state index in [1.807, 2.05) is 0 Å². The van der Waals surface area contributed by atoms with Gasteiger partial charge in [0.25, 0.3) is 0 Å². The average molecular weight is 290 g/mol. The third-order valence-corrected chi connectivity index (χ3v) is 4.16. The summed E-state index contributed by atoms with van der Waals surface area (Å²) in [6, 6.07) is 6.59. The van der Waals surface area contributed by atoms with Gasteiger partial charge in [-0.15, -0.1) is 0 Å². The molecule has 0 bridgehead atoms. The third kappa shape index (κ3) is 5.33. The van der Waals surface area contributed by atoms with Crippen LogP contribution in [0, 0.1) is 5.92 Å². The molecule has 3 heteroatoms. The van der Waals surface area contributed by atoms with Gasteiger partial charge in [0.2, 0.25) is 0 Å². The Morgan fingerprint density at radius 3 is 2.71 bits per heavy atom. The molecule has 2 rings (SSSR count). The minimum atomic E-state index is 0.936. The molecule has 0 aliphatic heterocycles. The zero-order valence-corrected chi connectivity index (χ0v) is 13.8. The van der Waals surface area contributed by atoms with Crippen LogP contribution in [-0.4, -0.2) is 31.6 Å². The maximum absolute atomic E-state index is 5.54. The summed E-state index contributed by atoms with van der Waals surface area (Å²) in [4.78, 5) is 2.54. The lowest BCUT2D eigenvalue weighted by atomic mass is 10.1. The Morgan fingerprint density at radius 2 is 2.10 bits per heavy atom. The van der Waals surface area contributed by atoms with Crippen molar-refractivity contribution in [3.05, 3.63) is 29.3 Å². The van der Waals surface area contributed by atoms with Crippen LogP contribution in [0.25, 0.3) is 0 Å². The van der Waals surface area contributed by atoms with Gasteiger partial charge in [-0.3, -0.25) is 4.90 Å². The highest BCUT2D eigenvalue weighted by atomic mass is 16.5. The lowest BCUT2D eigenvalue weighted by molar-refractivity contribution is 0.263. The van der Waals surface area contributed by atoms with Gasteiger partial charge in [0, 0.05) is 25.2 Å². The van der Waals surface area contributed by atoms with Crippen molar-refractivity contribution >= 4 is 0 Å². The van der Waals surface area contributed by atoms with Gasteiger partial charge in [-0.05, 0) is 56.0 Å². The third-order valence-electron chi connectivity index (χ3n) is 4.16. The molecule has 0 heterocycles. The first kappa shape index (κ1) is 16.3. The zero-order valence-electron chi connectivity index (χ0n) is 13.8. The number of nitrogens with one attached hydrogen (secondary N) is 1. The molecule has 1 aliphatic carbocycles. The van der Waals surface area contributed by atoms with Gasteiger partial charge in [0.1, 0.15) is 5.75 Å². The van der Waals surface area contributed by atoms with Crippen LogP contribution in [0.15, 0.2) is 18.2 Å². The summed E-state index contributed by atoms with van der Waals surface area (Å²) in [7, 11) is 1.77. The van der Waals surface area contributed by atoms with Crippen LogP contribution >= 0.6 is 0 Å². The first-order valence-electron chi connectivity index (χ1n) is 8.35. The number of methoxy groups -OCH3 is 1. The van der Waals surface area contributed by atoms with Gasteiger partial charge in [-0.2, -0.15) is 0 Å². The monoisotopic (exact) mass is 290 g/mol. The highest BCUT2D eigenvalue weighted by Gasteiger charge is 2.24. The predicted molar refractivity (Wildman–Crippen MR) is 88.7 cm³/mol. The van der Waals surface area contributed by atoms with E-state index in [1.54, 1.807) is 7.11 Å². The van der Waals surface area contributed by atoms with Crippen molar-refractivity contribution in [3.8, 4) is 5.75 Å². The van der Waals surface area contributed by atoms with Crippen molar-refractivity contribution in [3.63, 3.8) is 0 Å². The molecule has 1 aromatic carbocycles. The van der Waals surface area contributed by atoms with Crippen molar-refractivity contribution in [1.29, 1.82) is 0 Å². The Balaban J connectivity index is 2.01. The molecule has 118 valence electrons. The van der Waals surface area contributed by atoms with Crippen LogP contribution in [0.5, 0.6) is 5.75 Å². The summed E-state index contributed by atoms with van der Waals surface area (Å²) in [5, 5.41) is 3.47. The highest BCUT2D eigenvalue weighted by Crippen LogP contribution is 2.31. The average Bonchev–Trinajstić information content (AvgIpc) is 3.31. The molecule has 0 amide bonds. The van der Waals surface area contributed by atoms with E-state index < -0.39 is 0 Å². The van der Waals surface area contributed by atoms with Gasteiger partial charge >= 0.3 is 0 Å². The van der Waals surface area contributed by atoms with Crippen molar-refractivity contribution < 1.29 is 4.74 Å². The van der Waals surface area contributed by atoms with E-state index in [2.05, 4.69) is 42.3 Å². The van der Waals surface area contributed by atoms with Crippen molar-refractivity contribution in [2.45, 2.75) is 46.2 Å². The second-order valence-corrected chi connectivity index (χ2v) is 6.09. The summed E-state index contributed by atoms with van der Waals surface area (Å²) in [5.74, 6) is 1.95. The summed E-state index contributed by atoms with van der Waals surface area (Å²) in [5.41, 5.74) is 2.66. The molecule has 0 unspecified atom stereocenters. The van der Waals surface area contributed by atoms with Crippen LogP contribution in [0.3, 0.4) is 0 Å². The number of nitrogens with zero attached hydrogens (tertiary/aromatic N) is 1. The Hall–Kier alpha value is -1.06. The molecule has 3 nitrogen and oxygen atoms in total. The number of hydrogen-bond acceptors (Lipinski definition) is 3. The van der Waals surface area contributed by atoms with E-state index in [9.17, 15) is 0 Å². The molecule has 1 saturated carbocycles. The molecule has 0 atom stereocenters. The van der Waals surface area contributed by atoms with Crippen molar-refractivity contribution in [1.82, 2.24) is 10.2 Å². The molecule has 0 radical (unpaired) electrons. The van der Waals surface area contributed by atoms with Gasteiger partial charge in [-0.25, -0.2) is 0 Å². The molecule has 1 N–H and O–H groups in total. The number of hydrogen-bond donors (Lipinski definition) is 1. The summed E-state index contributed by atoms with van der Waals surface area (Å²) in [6.07, 6.45) is 4.00. The SMILES string of the molecule is CCCNCc1ccc(OC)c(CN(CC)CC2CC2)c1. The molecule has 0 saturated heterocycles. The number of benzene rings is 1. The maximum Gasteiger partial charge on any atom is 0.123 e. The molecule has 0 aromatic heterocycles. The van der Waals surface area contributed by atoms with E-state index in [4.69, 9.17) is 4.74 Å². The molecular weight excluding hydrogens is 260 g/mol. The van der Waals surface area contributed by atoms with Crippen LogP contribution in [-0.2, 0) is 13.1 Å². The van der Waals surface area contributed by atoms with Gasteiger partial charge in [0.05, 0.1) is 7.11 Å². The fourth-order valence-corrected chi connectivity index (χ4v) is 2.69. The van der Waals surface area contributed by atoms with E-state index >= 15 is 0 Å². The quantitative estimate of drug-likeness (QED) is 0.668. The zero-order chi connectivity index (χ0) is 15.1. The molecule has 21 heavy (non-hydrogen) atoms. The molecule has 0 spiro atoms. The van der Waals surface area contributed by atoms with Gasteiger partial charge < -0.3 is 10.1 Å². The minimum absolute atomic E-state index is 0.936. The van der Waals surface area contributed by atoms with E-state index in [1.165, 1.54) is 36.9 Å². The standard InChI is InChI=1S/C18H30N2O/c1-4-10-19-12-16-8-9-18(21-3)17(11-16)14-20(5-2)13-15-6-7-15/h8-9,11,15,19H,4-7,10,12-14H2,1-3H3. The minimum Gasteiger partial charge on any atom is -0.496 e. The second kappa shape index (κ2) is 8.40. The Kier molecular flexibility index (Phi) is 6.52. The fourth-order valence-electron chi connectivity index (χ4n) is 2.69. The number of rotatable bonds is 10. The van der Waals surface area contributed by atoms with E-state index in [0.717, 1.165) is 37.8 Å². The van der Waals surface area contributed by atoms with Crippen LogP contribution in [0.1, 0.15) is 44.2 Å². The van der Waals surface area contributed by atoms with Crippen LogP contribution < -0.4 is 10.1 Å². The van der Waals surface area contributed by atoms with Crippen LogP contribution in [0.4, 0.5) is 0 Å². The Morgan fingerprint density at radius 1 is 1.29 bits per heavy atom. The Bertz CT molecular complexity index is 429. The largest absolute Gasteiger partial charge is 0.496 e. The van der Waals surface area contributed by atoms with Crippen molar-refractivity contribution in [2.24, 2.45) is 5.92 Å². The second-order valence-electron chi connectivity index (χ2n) is 6.09. The lowest BCUT2D eigenvalue weighted by Crippen LogP contribution is -2.25. The lowest BCUT2D eigenvalue weighted by Gasteiger charge is -2.22. The van der Waals surface area contributed by atoms with E-state index in [-0.39, 0.29) is 0 Å². The molecule has 1 aromatic rings.